The Labute approximate surface area is 202 Å². The summed E-state index contributed by atoms with van der Waals surface area (Å²) < 4.78 is 5.72. The van der Waals surface area contributed by atoms with E-state index in [0.29, 0.717) is 24.4 Å². The van der Waals surface area contributed by atoms with Crippen molar-refractivity contribution in [2.24, 2.45) is 0 Å². The van der Waals surface area contributed by atoms with E-state index in [9.17, 15) is 9.59 Å². The van der Waals surface area contributed by atoms with Gasteiger partial charge in [0.1, 0.15) is 18.1 Å². The summed E-state index contributed by atoms with van der Waals surface area (Å²) in [5.41, 5.74) is 2.72. The predicted octanol–water partition coefficient (Wildman–Crippen LogP) is 5.74. The number of benzene rings is 2. The van der Waals surface area contributed by atoms with Crippen molar-refractivity contribution >= 4 is 11.8 Å². The minimum absolute atomic E-state index is 0.000488. The molecule has 3 rings (SSSR count). The molecule has 0 saturated carbocycles. The number of rotatable bonds is 9. The Hall–Kier alpha value is -3.60. The highest BCUT2D eigenvalue weighted by Crippen LogP contribution is 2.22. The van der Waals surface area contributed by atoms with Gasteiger partial charge in [-0.2, -0.15) is 0 Å². The fraction of sp³-hybridized carbons (Fsp3) is 0.310. The first-order valence-electron chi connectivity index (χ1n) is 11.5. The second kappa shape index (κ2) is 11.0. The van der Waals surface area contributed by atoms with Gasteiger partial charge in [0, 0.05) is 18.7 Å². The SMILES string of the molecule is C=CCN(CC(=O)N(Cc1ccccc1)Cc1ccc(C)o1)C(=O)c1ccc(C(C)(C)C)cc1. The molecule has 2 amide bonds. The van der Waals surface area contributed by atoms with Crippen LogP contribution < -0.4 is 0 Å². The maximum Gasteiger partial charge on any atom is 0.254 e. The van der Waals surface area contributed by atoms with Crippen molar-refractivity contribution in [1.29, 1.82) is 0 Å². The van der Waals surface area contributed by atoms with Gasteiger partial charge in [-0.15, -0.1) is 6.58 Å². The van der Waals surface area contributed by atoms with Crippen LogP contribution in [0.4, 0.5) is 0 Å². The van der Waals surface area contributed by atoms with E-state index < -0.39 is 0 Å². The molecule has 0 saturated heterocycles. The molecule has 0 spiro atoms. The van der Waals surface area contributed by atoms with E-state index in [2.05, 4.69) is 27.4 Å². The van der Waals surface area contributed by atoms with E-state index in [1.54, 1.807) is 11.0 Å². The standard InChI is InChI=1S/C29H34N2O3/c1-6-18-30(28(33)24-13-15-25(16-14-24)29(3,4)5)21-27(32)31(19-23-10-8-7-9-11-23)20-26-17-12-22(2)34-26/h6-17H,1,18-21H2,2-5H3. The van der Waals surface area contributed by atoms with Crippen LogP contribution in [0.5, 0.6) is 0 Å². The van der Waals surface area contributed by atoms with Crippen molar-refractivity contribution in [2.45, 2.75) is 46.2 Å². The molecule has 5 nitrogen and oxygen atoms in total. The first kappa shape index (κ1) is 25.0. The van der Waals surface area contributed by atoms with Crippen molar-refractivity contribution < 1.29 is 14.0 Å². The van der Waals surface area contributed by atoms with Crippen LogP contribution in [0.1, 0.15) is 53.8 Å². The van der Waals surface area contributed by atoms with E-state index in [1.165, 1.54) is 4.90 Å². The molecule has 1 heterocycles. The number of furan rings is 1. The van der Waals surface area contributed by atoms with Crippen LogP contribution in [0.3, 0.4) is 0 Å². The van der Waals surface area contributed by atoms with Crippen molar-refractivity contribution in [3.8, 4) is 0 Å². The van der Waals surface area contributed by atoms with Crippen molar-refractivity contribution in [2.75, 3.05) is 13.1 Å². The molecule has 0 N–H and O–H groups in total. The Morgan fingerprint density at radius 3 is 2.15 bits per heavy atom. The van der Waals surface area contributed by atoms with Crippen LogP contribution in [0.2, 0.25) is 0 Å². The topological polar surface area (TPSA) is 53.8 Å². The zero-order chi connectivity index (χ0) is 24.7. The van der Waals surface area contributed by atoms with Crippen molar-refractivity contribution in [3.05, 3.63) is 108 Å². The van der Waals surface area contributed by atoms with Crippen molar-refractivity contribution in [3.63, 3.8) is 0 Å². The third kappa shape index (κ3) is 6.70. The zero-order valence-electron chi connectivity index (χ0n) is 20.6. The maximum atomic E-state index is 13.4. The van der Waals surface area contributed by atoms with Gasteiger partial charge in [-0.1, -0.05) is 69.3 Å². The number of hydrogen-bond acceptors (Lipinski definition) is 3. The van der Waals surface area contributed by atoms with Gasteiger partial charge in [0.05, 0.1) is 6.54 Å². The molecule has 34 heavy (non-hydrogen) atoms. The number of carbonyl (C=O) groups excluding carboxylic acids is 2. The number of carbonyl (C=O) groups is 2. The largest absolute Gasteiger partial charge is 0.464 e. The highest BCUT2D eigenvalue weighted by molar-refractivity contribution is 5.96. The molecule has 0 fully saturated rings. The third-order valence-corrected chi connectivity index (χ3v) is 5.67. The molecule has 3 aromatic rings. The highest BCUT2D eigenvalue weighted by atomic mass is 16.3. The maximum absolute atomic E-state index is 13.4. The lowest BCUT2D eigenvalue weighted by Gasteiger charge is -2.27. The van der Waals surface area contributed by atoms with E-state index >= 15 is 0 Å². The van der Waals surface area contributed by atoms with Crippen LogP contribution in [-0.4, -0.2) is 34.7 Å². The van der Waals surface area contributed by atoms with Gasteiger partial charge in [0.25, 0.3) is 5.91 Å². The second-order valence-corrected chi connectivity index (χ2v) is 9.55. The van der Waals surface area contributed by atoms with Crippen LogP contribution in [-0.2, 0) is 23.3 Å². The van der Waals surface area contributed by atoms with Crippen molar-refractivity contribution in [1.82, 2.24) is 9.80 Å². The lowest BCUT2D eigenvalue weighted by atomic mass is 9.86. The summed E-state index contributed by atoms with van der Waals surface area (Å²) in [4.78, 5) is 29.9. The average Bonchev–Trinajstić information content (AvgIpc) is 3.22. The first-order valence-corrected chi connectivity index (χ1v) is 11.5. The van der Waals surface area contributed by atoms with E-state index in [0.717, 1.165) is 16.9 Å². The predicted molar refractivity (Wildman–Crippen MR) is 135 cm³/mol. The monoisotopic (exact) mass is 458 g/mol. The van der Waals surface area contributed by atoms with Gasteiger partial charge in [-0.05, 0) is 47.7 Å². The van der Waals surface area contributed by atoms with Crippen LogP contribution in [0.25, 0.3) is 0 Å². The van der Waals surface area contributed by atoms with Crippen LogP contribution in [0, 0.1) is 6.92 Å². The van der Waals surface area contributed by atoms with Gasteiger partial charge in [-0.25, -0.2) is 0 Å². The number of hydrogen-bond donors (Lipinski definition) is 0. The summed E-state index contributed by atoms with van der Waals surface area (Å²) >= 11 is 0. The molecule has 0 bridgehead atoms. The summed E-state index contributed by atoms with van der Waals surface area (Å²) in [7, 11) is 0. The first-order chi connectivity index (χ1) is 16.2. The lowest BCUT2D eigenvalue weighted by molar-refractivity contribution is -0.133. The number of nitrogens with zero attached hydrogens (tertiary/aromatic N) is 2. The van der Waals surface area contributed by atoms with E-state index in [4.69, 9.17) is 4.42 Å². The van der Waals surface area contributed by atoms with Gasteiger partial charge < -0.3 is 14.2 Å². The van der Waals surface area contributed by atoms with E-state index in [-0.39, 0.29) is 30.3 Å². The Kier molecular flexibility index (Phi) is 8.11. The molecule has 178 valence electrons. The Morgan fingerprint density at radius 1 is 0.912 bits per heavy atom. The number of aryl methyl sites for hydroxylation is 1. The molecular formula is C29H34N2O3. The summed E-state index contributed by atoms with van der Waals surface area (Å²) in [5, 5.41) is 0. The van der Waals surface area contributed by atoms with Crippen LogP contribution in [0.15, 0.2) is 83.8 Å². The molecule has 5 heteroatoms. The molecule has 0 aliphatic heterocycles. The summed E-state index contributed by atoms with van der Waals surface area (Å²) in [5.74, 6) is 1.16. The summed E-state index contributed by atoms with van der Waals surface area (Å²) in [6.07, 6.45) is 1.64. The molecule has 0 aliphatic rings. The Bertz CT molecular complexity index is 1110. The zero-order valence-corrected chi connectivity index (χ0v) is 20.6. The Balaban J connectivity index is 1.79. The average molecular weight is 459 g/mol. The van der Waals surface area contributed by atoms with Gasteiger partial charge in [-0.3, -0.25) is 9.59 Å². The quantitative estimate of drug-likeness (QED) is 0.384. The summed E-state index contributed by atoms with van der Waals surface area (Å²) in [6, 6.07) is 21.2. The molecule has 0 atom stereocenters. The molecule has 0 aliphatic carbocycles. The number of amides is 2. The fourth-order valence-electron chi connectivity index (χ4n) is 3.73. The minimum Gasteiger partial charge on any atom is -0.464 e. The Morgan fingerprint density at radius 2 is 1.59 bits per heavy atom. The molecule has 0 unspecified atom stereocenters. The minimum atomic E-state index is -0.192. The summed E-state index contributed by atoms with van der Waals surface area (Å²) in [6.45, 7) is 13.1. The second-order valence-electron chi connectivity index (χ2n) is 9.55. The van der Waals surface area contributed by atoms with E-state index in [1.807, 2.05) is 73.7 Å². The highest BCUT2D eigenvalue weighted by Gasteiger charge is 2.23. The molecule has 0 radical (unpaired) electrons. The molecule has 1 aromatic heterocycles. The molecule has 2 aromatic carbocycles. The fourth-order valence-corrected chi connectivity index (χ4v) is 3.73. The normalized spacial score (nSPS) is 11.2. The van der Waals surface area contributed by atoms with Gasteiger partial charge in [0.15, 0.2) is 0 Å². The lowest BCUT2D eigenvalue weighted by Crippen LogP contribution is -2.42. The van der Waals surface area contributed by atoms with Gasteiger partial charge in [0.2, 0.25) is 5.91 Å². The third-order valence-electron chi connectivity index (χ3n) is 5.67. The van der Waals surface area contributed by atoms with Gasteiger partial charge >= 0.3 is 0 Å². The smallest absolute Gasteiger partial charge is 0.254 e. The molecular weight excluding hydrogens is 424 g/mol. The van der Waals surface area contributed by atoms with Crippen LogP contribution >= 0.6 is 0 Å².